The molecule has 1 unspecified atom stereocenters. The standard InChI is InChI=1S/C15H25NO2/c1-3-4-13-5-7-14(8-6-13)9-10-16(2)11-15(18)12-17/h5-8,15,17-18H,3-4,9-12H2,1-2H3. The van der Waals surface area contributed by atoms with E-state index in [4.69, 9.17) is 5.11 Å². The summed E-state index contributed by atoms with van der Waals surface area (Å²) in [4.78, 5) is 2.04. The van der Waals surface area contributed by atoms with Crippen molar-refractivity contribution in [3.8, 4) is 0 Å². The van der Waals surface area contributed by atoms with Crippen LogP contribution in [-0.4, -0.2) is 48.0 Å². The molecule has 18 heavy (non-hydrogen) atoms. The van der Waals surface area contributed by atoms with Crippen LogP contribution in [0.4, 0.5) is 0 Å². The van der Waals surface area contributed by atoms with Crippen LogP contribution in [0.1, 0.15) is 24.5 Å². The first-order valence-corrected chi connectivity index (χ1v) is 6.71. The van der Waals surface area contributed by atoms with E-state index in [1.165, 1.54) is 17.5 Å². The lowest BCUT2D eigenvalue weighted by molar-refractivity contribution is 0.0669. The minimum atomic E-state index is -0.637. The van der Waals surface area contributed by atoms with Crippen molar-refractivity contribution in [1.82, 2.24) is 4.90 Å². The normalized spacial score (nSPS) is 12.9. The molecule has 0 aliphatic rings. The molecule has 0 saturated heterocycles. The number of aliphatic hydroxyl groups is 2. The monoisotopic (exact) mass is 251 g/mol. The van der Waals surface area contributed by atoms with Gasteiger partial charge < -0.3 is 15.1 Å². The molecule has 0 heterocycles. The number of aryl methyl sites for hydroxylation is 1. The van der Waals surface area contributed by atoms with Gasteiger partial charge >= 0.3 is 0 Å². The van der Waals surface area contributed by atoms with E-state index in [1.54, 1.807) is 0 Å². The number of rotatable bonds is 8. The van der Waals surface area contributed by atoms with E-state index in [0.717, 1.165) is 19.4 Å². The fourth-order valence-electron chi connectivity index (χ4n) is 1.99. The molecule has 1 atom stereocenters. The molecule has 1 rings (SSSR count). The van der Waals surface area contributed by atoms with E-state index in [9.17, 15) is 5.11 Å². The molecule has 0 bridgehead atoms. The van der Waals surface area contributed by atoms with Gasteiger partial charge in [-0.3, -0.25) is 0 Å². The van der Waals surface area contributed by atoms with E-state index in [2.05, 4.69) is 31.2 Å². The number of nitrogens with zero attached hydrogens (tertiary/aromatic N) is 1. The summed E-state index contributed by atoms with van der Waals surface area (Å²) in [5, 5.41) is 18.1. The van der Waals surface area contributed by atoms with Crippen LogP contribution in [0, 0.1) is 0 Å². The Labute approximate surface area is 110 Å². The van der Waals surface area contributed by atoms with Crippen molar-refractivity contribution in [2.45, 2.75) is 32.3 Å². The lowest BCUT2D eigenvalue weighted by atomic mass is 10.1. The summed E-state index contributed by atoms with van der Waals surface area (Å²) in [7, 11) is 1.96. The molecular weight excluding hydrogens is 226 g/mol. The Bertz CT molecular complexity index is 324. The summed E-state index contributed by atoms with van der Waals surface area (Å²) in [6.07, 6.45) is 2.66. The van der Waals surface area contributed by atoms with Gasteiger partial charge in [-0.1, -0.05) is 37.6 Å². The maximum absolute atomic E-state index is 9.33. The van der Waals surface area contributed by atoms with E-state index in [-0.39, 0.29) is 6.61 Å². The third kappa shape index (κ3) is 5.63. The second-order valence-electron chi connectivity index (χ2n) is 4.92. The van der Waals surface area contributed by atoms with Gasteiger partial charge in [0.25, 0.3) is 0 Å². The molecule has 0 aliphatic heterocycles. The molecule has 0 aliphatic carbocycles. The quantitative estimate of drug-likeness (QED) is 0.735. The lowest BCUT2D eigenvalue weighted by Gasteiger charge is -2.19. The highest BCUT2D eigenvalue weighted by Gasteiger charge is 2.06. The van der Waals surface area contributed by atoms with Crippen LogP contribution in [0.25, 0.3) is 0 Å². The number of benzene rings is 1. The van der Waals surface area contributed by atoms with Gasteiger partial charge in [-0.25, -0.2) is 0 Å². The average molecular weight is 251 g/mol. The highest BCUT2D eigenvalue weighted by atomic mass is 16.3. The Hall–Kier alpha value is -0.900. The van der Waals surface area contributed by atoms with Crippen LogP contribution in [-0.2, 0) is 12.8 Å². The van der Waals surface area contributed by atoms with Gasteiger partial charge in [0, 0.05) is 13.1 Å². The van der Waals surface area contributed by atoms with Crippen LogP contribution in [0.3, 0.4) is 0 Å². The smallest absolute Gasteiger partial charge is 0.0897 e. The first kappa shape index (κ1) is 15.2. The zero-order valence-electron chi connectivity index (χ0n) is 11.5. The predicted molar refractivity (Wildman–Crippen MR) is 74.7 cm³/mol. The van der Waals surface area contributed by atoms with Crippen molar-refractivity contribution in [2.24, 2.45) is 0 Å². The average Bonchev–Trinajstić information content (AvgIpc) is 2.38. The Morgan fingerprint density at radius 2 is 1.67 bits per heavy atom. The zero-order chi connectivity index (χ0) is 13.4. The molecule has 2 N–H and O–H groups in total. The zero-order valence-corrected chi connectivity index (χ0v) is 11.5. The van der Waals surface area contributed by atoms with E-state index in [1.807, 2.05) is 11.9 Å². The summed E-state index contributed by atoms with van der Waals surface area (Å²) in [6.45, 7) is 3.43. The number of aliphatic hydroxyl groups excluding tert-OH is 2. The van der Waals surface area contributed by atoms with Crippen molar-refractivity contribution >= 4 is 0 Å². The molecular formula is C15H25NO2. The summed E-state index contributed by atoms with van der Waals surface area (Å²) in [5.74, 6) is 0. The van der Waals surface area contributed by atoms with Crippen LogP contribution in [0.2, 0.25) is 0 Å². The SMILES string of the molecule is CCCc1ccc(CCN(C)CC(O)CO)cc1. The van der Waals surface area contributed by atoms with Gasteiger partial charge in [0.05, 0.1) is 12.7 Å². The molecule has 1 aromatic carbocycles. The van der Waals surface area contributed by atoms with Gasteiger partial charge in [-0.2, -0.15) is 0 Å². The first-order valence-electron chi connectivity index (χ1n) is 6.71. The number of likely N-dealkylation sites (N-methyl/N-ethyl adjacent to an activating group) is 1. The first-order chi connectivity index (χ1) is 8.65. The van der Waals surface area contributed by atoms with Crippen LogP contribution in [0.15, 0.2) is 24.3 Å². The van der Waals surface area contributed by atoms with Crippen LogP contribution in [0.5, 0.6) is 0 Å². The van der Waals surface area contributed by atoms with Gasteiger partial charge in [0.1, 0.15) is 0 Å². The van der Waals surface area contributed by atoms with Crippen molar-refractivity contribution in [2.75, 3.05) is 26.7 Å². The summed E-state index contributed by atoms with van der Waals surface area (Å²) >= 11 is 0. The third-order valence-electron chi connectivity index (χ3n) is 3.08. The van der Waals surface area contributed by atoms with Crippen molar-refractivity contribution in [1.29, 1.82) is 0 Å². The Balaban J connectivity index is 2.34. The van der Waals surface area contributed by atoms with Gasteiger partial charge in [-0.15, -0.1) is 0 Å². The van der Waals surface area contributed by atoms with Crippen LogP contribution < -0.4 is 0 Å². The maximum atomic E-state index is 9.33. The summed E-state index contributed by atoms with van der Waals surface area (Å²) in [6, 6.07) is 8.76. The molecule has 0 aromatic heterocycles. The minimum Gasteiger partial charge on any atom is -0.394 e. The van der Waals surface area contributed by atoms with E-state index < -0.39 is 6.10 Å². The topological polar surface area (TPSA) is 43.7 Å². The fourth-order valence-corrected chi connectivity index (χ4v) is 1.99. The molecule has 0 amide bonds. The second-order valence-corrected chi connectivity index (χ2v) is 4.92. The molecule has 0 fully saturated rings. The van der Waals surface area contributed by atoms with E-state index >= 15 is 0 Å². The molecule has 3 heteroatoms. The van der Waals surface area contributed by atoms with Crippen molar-refractivity contribution in [3.05, 3.63) is 35.4 Å². The van der Waals surface area contributed by atoms with Gasteiger partial charge in [0.2, 0.25) is 0 Å². The number of hydrogen-bond acceptors (Lipinski definition) is 3. The van der Waals surface area contributed by atoms with Crippen molar-refractivity contribution < 1.29 is 10.2 Å². The molecule has 1 aromatic rings. The fraction of sp³-hybridized carbons (Fsp3) is 0.600. The molecule has 0 spiro atoms. The number of hydrogen-bond donors (Lipinski definition) is 2. The van der Waals surface area contributed by atoms with E-state index in [0.29, 0.717) is 6.54 Å². The Morgan fingerprint density at radius 1 is 1.11 bits per heavy atom. The Morgan fingerprint density at radius 3 is 2.17 bits per heavy atom. The lowest BCUT2D eigenvalue weighted by Crippen LogP contribution is -2.32. The van der Waals surface area contributed by atoms with Gasteiger partial charge in [0.15, 0.2) is 0 Å². The second kappa shape index (κ2) is 8.25. The Kier molecular flexibility index (Phi) is 6.94. The van der Waals surface area contributed by atoms with Gasteiger partial charge in [-0.05, 0) is 31.0 Å². The third-order valence-corrected chi connectivity index (χ3v) is 3.08. The van der Waals surface area contributed by atoms with Crippen molar-refractivity contribution in [3.63, 3.8) is 0 Å². The largest absolute Gasteiger partial charge is 0.394 e. The highest BCUT2D eigenvalue weighted by Crippen LogP contribution is 2.07. The van der Waals surface area contributed by atoms with Crippen LogP contribution >= 0.6 is 0 Å². The molecule has 0 saturated carbocycles. The summed E-state index contributed by atoms with van der Waals surface area (Å²) < 4.78 is 0. The summed E-state index contributed by atoms with van der Waals surface area (Å²) in [5.41, 5.74) is 2.71. The predicted octanol–water partition coefficient (Wildman–Crippen LogP) is 1.47. The maximum Gasteiger partial charge on any atom is 0.0897 e. The molecule has 0 radical (unpaired) electrons. The minimum absolute atomic E-state index is 0.171. The molecule has 3 nitrogen and oxygen atoms in total. The highest BCUT2D eigenvalue weighted by molar-refractivity contribution is 5.22. The molecule has 102 valence electrons.